The summed E-state index contributed by atoms with van der Waals surface area (Å²) >= 11 is 0. The summed E-state index contributed by atoms with van der Waals surface area (Å²) in [4.78, 5) is 23.9. The first-order valence-corrected chi connectivity index (χ1v) is 9.96. The smallest absolute Gasteiger partial charge is 0.253 e. The Labute approximate surface area is 170 Å². The van der Waals surface area contributed by atoms with Crippen LogP contribution in [0, 0.1) is 19.7 Å². The van der Waals surface area contributed by atoms with E-state index in [9.17, 15) is 9.18 Å². The molecule has 4 nitrogen and oxygen atoms in total. The number of amides is 1. The van der Waals surface area contributed by atoms with Crippen LogP contribution in [0.25, 0.3) is 11.4 Å². The molecule has 0 bridgehead atoms. The topological polar surface area (TPSA) is 46.1 Å². The lowest BCUT2D eigenvalue weighted by Gasteiger charge is -2.32. The number of benzene rings is 2. The zero-order valence-corrected chi connectivity index (χ0v) is 16.7. The summed E-state index contributed by atoms with van der Waals surface area (Å²) < 4.78 is 13.9. The standard InChI is InChI=1S/C24H24FN3O/c1-16-5-8-18(9-6-16)23-26-12-11-22(27-23)20-4-3-13-28(15-20)24(29)19-10-7-17(2)21(25)14-19/h5-12,14,20H,3-4,13,15H2,1-2H3. The SMILES string of the molecule is Cc1ccc(-c2nccc(C3CCCN(C(=O)c4ccc(C)c(F)c4)C3)n2)cc1. The van der Waals surface area contributed by atoms with Gasteiger partial charge in [0.15, 0.2) is 5.82 Å². The highest BCUT2D eigenvalue weighted by atomic mass is 19.1. The fourth-order valence-corrected chi connectivity index (χ4v) is 3.75. The highest BCUT2D eigenvalue weighted by molar-refractivity contribution is 5.94. The van der Waals surface area contributed by atoms with E-state index < -0.39 is 0 Å². The van der Waals surface area contributed by atoms with Gasteiger partial charge in [-0.25, -0.2) is 14.4 Å². The summed E-state index contributed by atoms with van der Waals surface area (Å²) in [6.45, 7) is 5.01. The number of aryl methyl sites for hydroxylation is 2. The predicted octanol–water partition coefficient (Wildman–Crippen LogP) is 4.92. The van der Waals surface area contributed by atoms with Crippen molar-refractivity contribution in [1.29, 1.82) is 0 Å². The molecule has 1 aliphatic rings. The van der Waals surface area contributed by atoms with Crippen molar-refractivity contribution in [3.05, 3.63) is 82.9 Å². The Morgan fingerprint density at radius 2 is 1.90 bits per heavy atom. The summed E-state index contributed by atoms with van der Waals surface area (Å²) in [7, 11) is 0. The molecule has 1 unspecified atom stereocenters. The third-order valence-corrected chi connectivity index (χ3v) is 5.53. The summed E-state index contributed by atoms with van der Waals surface area (Å²) in [6, 6.07) is 14.8. The Hall–Kier alpha value is -3.08. The van der Waals surface area contributed by atoms with Gasteiger partial charge in [0.1, 0.15) is 5.82 Å². The number of carbonyl (C=O) groups is 1. The van der Waals surface area contributed by atoms with Crippen LogP contribution in [0.5, 0.6) is 0 Å². The Kier molecular flexibility index (Phi) is 5.38. The van der Waals surface area contributed by atoms with E-state index in [0.717, 1.165) is 24.1 Å². The van der Waals surface area contributed by atoms with E-state index in [1.807, 2.05) is 35.2 Å². The molecule has 1 aliphatic heterocycles. The predicted molar refractivity (Wildman–Crippen MR) is 111 cm³/mol. The van der Waals surface area contributed by atoms with E-state index in [1.54, 1.807) is 25.3 Å². The van der Waals surface area contributed by atoms with Gasteiger partial charge in [-0.2, -0.15) is 0 Å². The van der Waals surface area contributed by atoms with E-state index in [-0.39, 0.29) is 17.6 Å². The molecule has 5 heteroatoms. The molecule has 4 rings (SSSR count). The second kappa shape index (κ2) is 8.11. The van der Waals surface area contributed by atoms with Crippen LogP contribution in [0.3, 0.4) is 0 Å². The maximum atomic E-state index is 13.9. The molecule has 2 heterocycles. The Morgan fingerprint density at radius 3 is 2.66 bits per heavy atom. The van der Waals surface area contributed by atoms with Crippen molar-refractivity contribution in [3.63, 3.8) is 0 Å². The molecule has 2 aromatic carbocycles. The molecule has 1 fully saturated rings. The number of halogens is 1. The molecule has 1 atom stereocenters. The second-order valence-corrected chi connectivity index (χ2v) is 7.73. The summed E-state index contributed by atoms with van der Waals surface area (Å²) in [5.74, 6) is 0.381. The van der Waals surface area contributed by atoms with Crippen molar-refractivity contribution in [2.75, 3.05) is 13.1 Å². The van der Waals surface area contributed by atoms with E-state index in [0.29, 0.717) is 30.0 Å². The van der Waals surface area contributed by atoms with Crippen molar-refractivity contribution < 1.29 is 9.18 Å². The third-order valence-electron chi connectivity index (χ3n) is 5.53. The van der Waals surface area contributed by atoms with Gasteiger partial charge in [-0.15, -0.1) is 0 Å². The summed E-state index contributed by atoms with van der Waals surface area (Å²) in [5.41, 5.74) is 4.07. The van der Waals surface area contributed by atoms with Gasteiger partial charge in [-0.05, 0) is 50.5 Å². The van der Waals surface area contributed by atoms with Crippen molar-refractivity contribution >= 4 is 5.91 Å². The number of nitrogens with zero attached hydrogens (tertiary/aromatic N) is 3. The number of hydrogen-bond donors (Lipinski definition) is 0. The number of aromatic nitrogens is 2. The molecular weight excluding hydrogens is 365 g/mol. The fraction of sp³-hybridized carbons (Fsp3) is 0.292. The molecule has 1 aromatic heterocycles. The highest BCUT2D eigenvalue weighted by Crippen LogP contribution is 2.28. The third kappa shape index (κ3) is 4.19. The highest BCUT2D eigenvalue weighted by Gasteiger charge is 2.27. The molecule has 0 radical (unpaired) electrons. The minimum absolute atomic E-state index is 0.124. The van der Waals surface area contributed by atoms with Crippen molar-refractivity contribution in [2.24, 2.45) is 0 Å². The lowest BCUT2D eigenvalue weighted by atomic mass is 9.94. The van der Waals surface area contributed by atoms with Gasteiger partial charge in [-0.1, -0.05) is 35.9 Å². The van der Waals surface area contributed by atoms with E-state index in [4.69, 9.17) is 4.98 Å². The number of carbonyl (C=O) groups excluding carboxylic acids is 1. The molecule has 3 aromatic rings. The van der Waals surface area contributed by atoms with Crippen LogP contribution in [-0.4, -0.2) is 33.9 Å². The van der Waals surface area contributed by atoms with Crippen LogP contribution in [0.2, 0.25) is 0 Å². The molecule has 148 valence electrons. The van der Waals surface area contributed by atoms with Gasteiger partial charge >= 0.3 is 0 Å². The minimum Gasteiger partial charge on any atom is -0.338 e. The fourth-order valence-electron chi connectivity index (χ4n) is 3.75. The minimum atomic E-state index is -0.344. The van der Waals surface area contributed by atoms with Crippen molar-refractivity contribution in [2.45, 2.75) is 32.6 Å². The second-order valence-electron chi connectivity index (χ2n) is 7.73. The molecule has 1 saturated heterocycles. The molecule has 0 spiro atoms. The maximum Gasteiger partial charge on any atom is 0.253 e. The van der Waals surface area contributed by atoms with Gasteiger partial charge in [0.25, 0.3) is 5.91 Å². The van der Waals surface area contributed by atoms with Gasteiger partial charge in [0, 0.05) is 42.0 Å². The molecule has 1 amide bonds. The zero-order chi connectivity index (χ0) is 20.4. The average molecular weight is 389 g/mol. The number of hydrogen-bond acceptors (Lipinski definition) is 3. The Balaban J connectivity index is 1.54. The summed E-state index contributed by atoms with van der Waals surface area (Å²) in [6.07, 6.45) is 3.65. The summed E-state index contributed by atoms with van der Waals surface area (Å²) in [5, 5.41) is 0. The van der Waals surface area contributed by atoms with Crippen LogP contribution < -0.4 is 0 Å². The normalized spacial score (nSPS) is 16.7. The lowest BCUT2D eigenvalue weighted by molar-refractivity contribution is 0.0705. The van der Waals surface area contributed by atoms with Gasteiger partial charge in [-0.3, -0.25) is 4.79 Å². The van der Waals surface area contributed by atoms with E-state index >= 15 is 0 Å². The molecule has 29 heavy (non-hydrogen) atoms. The molecule has 0 saturated carbocycles. The Morgan fingerprint density at radius 1 is 1.10 bits per heavy atom. The van der Waals surface area contributed by atoms with Crippen LogP contribution in [0.15, 0.2) is 54.7 Å². The average Bonchev–Trinajstić information content (AvgIpc) is 2.76. The zero-order valence-electron chi connectivity index (χ0n) is 16.7. The van der Waals surface area contributed by atoms with Crippen LogP contribution in [0.1, 0.15) is 45.9 Å². The lowest BCUT2D eigenvalue weighted by Crippen LogP contribution is -2.39. The van der Waals surface area contributed by atoms with Crippen LogP contribution >= 0.6 is 0 Å². The first-order valence-electron chi connectivity index (χ1n) is 9.96. The van der Waals surface area contributed by atoms with Gasteiger partial charge < -0.3 is 4.90 Å². The molecular formula is C24H24FN3O. The van der Waals surface area contributed by atoms with Crippen LogP contribution in [-0.2, 0) is 0 Å². The molecule has 0 N–H and O–H groups in total. The quantitative estimate of drug-likeness (QED) is 0.639. The Bertz CT molecular complexity index is 1030. The molecule has 0 aliphatic carbocycles. The van der Waals surface area contributed by atoms with Crippen molar-refractivity contribution in [1.82, 2.24) is 14.9 Å². The maximum absolute atomic E-state index is 13.9. The first kappa shape index (κ1) is 19.2. The van der Waals surface area contributed by atoms with E-state index in [2.05, 4.69) is 11.9 Å². The largest absolute Gasteiger partial charge is 0.338 e. The van der Waals surface area contributed by atoms with Crippen molar-refractivity contribution in [3.8, 4) is 11.4 Å². The number of piperidine rings is 1. The number of likely N-dealkylation sites (tertiary alicyclic amines) is 1. The first-order chi connectivity index (χ1) is 14.0. The van der Waals surface area contributed by atoms with Gasteiger partial charge in [0.05, 0.1) is 0 Å². The number of rotatable bonds is 3. The monoisotopic (exact) mass is 389 g/mol. The van der Waals surface area contributed by atoms with E-state index in [1.165, 1.54) is 11.6 Å². The van der Waals surface area contributed by atoms with Gasteiger partial charge in [0.2, 0.25) is 0 Å². The van der Waals surface area contributed by atoms with Crippen LogP contribution in [0.4, 0.5) is 4.39 Å².